The van der Waals surface area contributed by atoms with E-state index in [0.29, 0.717) is 10.8 Å². The van der Waals surface area contributed by atoms with Crippen LogP contribution in [0.15, 0.2) is 18.2 Å². The van der Waals surface area contributed by atoms with Crippen molar-refractivity contribution in [2.45, 2.75) is 12.4 Å². The van der Waals surface area contributed by atoms with Crippen molar-refractivity contribution in [3.8, 4) is 0 Å². The van der Waals surface area contributed by atoms with Crippen molar-refractivity contribution < 1.29 is 4.79 Å². The second-order valence-corrected chi connectivity index (χ2v) is 4.20. The van der Waals surface area contributed by atoms with Gasteiger partial charge >= 0.3 is 0 Å². The summed E-state index contributed by atoms with van der Waals surface area (Å²) in [4.78, 5) is 15.8. The first-order valence-corrected chi connectivity index (χ1v) is 5.98. The summed E-state index contributed by atoms with van der Waals surface area (Å²) in [5, 5.41) is 3.13. The van der Waals surface area contributed by atoms with Gasteiger partial charge in [-0.05, 0) is 12.1 Å². The van der Waals surface area contributed by atoms with Gasteiger partial charge in [-0.1, -0.05) is 17.7 Å². The third kappa shape index (κ3) is 2.23. The SMILES string of the molecule is CNC(=O)Cn1c(CCl)nc2cccc(Cl)c21. The monoisotopic (exact) mass is 271 g/mol. The lowest BCUT2D eigenvalue weighted by molar-refractivity contribution is -0.121. The van der Waals surface area contributed by atoms with E-state index in [2.05, 4.69) is 10.3 Å². The fraction of sp³-hybridized carbons (Fsp3) is 0.273. The number of carbonyl (C=O) groups is 1. The van der Waals surface area contributed by atoms with Crippen molar-refractivity contribution in [2.75, 3.05) is 7.05 Å². The summed E-state index contributed by atoms with van der Waals surface area (Å²) >= 11 is 11.9. The highest BCUT2D eigenvalue weighted by atomic mass is 35.5. The highest BCUT2D eigenvalue weighted by molar-refractivity contribution is 6.35. The minimum Gasteiger partial charge on any atom is -0.358 e. The number of alkyl halides is 1. The first-order chi connectivity index (χ1) is 8.17. The predicted molar refractivity (Wildman–Crippen MR) is 68.4 cm³/mol. The second kappa shape index (κ2) is 4.94. The van der Waals surface area contributed by atoms with Gasteiger partial charge in [0.25, 0.3) is 0 Å². The van der Waals surface area contributed by atoms with Gasteiger partial charge in [0, 0.05) is 7.05 Å². The molecule has 2 aromatic rings. The Balaban J connectivity index is 2.61. The molecule has 6 heteroatoms. The Morgan fingerprint density at radius 3 is 2.94 bits per heavy atom. The molecule has 90 valence electrons. The molecule has 1 N–H and O–H groups in total. The molecule has 1 aromatic heterocycles. The van der Waals surface area contributed by atoms with Crippen LogP contribution in [0.4, 0.5) is 0 Å². The van der Waals surface area contributed by atoms with Gasteiger partial charge in [-0.2, -0.15) is 0 Å². The third-order valence-electron chi connectivity index (χ3n) is 2.50. The van der Waals surface area contributed by atoms with Gasteiger partial charge < -0.3 is 9.88 Å². The van der Waals surface area contributed by atoms with E-state index in [1.165, 1.54) is 0 Å². The van der Waals surface area contributed by atoms with Crippen LogP contribution in [-0.2, 0) is 17.2 Å². The van der Waals surface area contributed by atoms with E-state index >= 15 is 0 Å². The molecule has 2 rings (SSSR count). The van der Waals surface area contributed by atoms with Crippen LogP contribution < -0.4 is 5.32 Å². The Morgan fingerprint density at radius 1 is 1.53 bits per heavy atom. The molecule has 4 nitrogen and oxygen atoms in total. The highest BCUT2D eigenvalue weighted by Gasteiger charge is 2.14. The van der Waals surface area contributed by atoms with Crippen LogP contribution in [0.1, 0.15) is 5.82 Å². The first-order valence-electron chi connectivity index (χ1n) is 5.07. The summed E-state index contributed by atoms with van der Waals surface area (Å²) in [6.07, 6.45) is 0. The van der Waals surface area contributed by atoms with E-state index in [0.717, 1.165) is 11.0 Å². The maximum atomic E-state index is 11.5. The highest BCUT2D eigenvalue weighted by Crippen LogP contribution is 2.25. The van der Waals surface area contributed by atoms with Crippen LogP contribution in [0.5, 0.6) is 0 Å². The maximum Gasteiger partial charge on any atom is 0.239 e. The molecular formula is C11H11Cl2N3O. The molecule has 0 spiro atoms. The van der Waals surface area contributed by atoms with E-state index in [1.807, 2.05) is 12.1 Å². The molecular weight excluding hydrogens is 261 g/mol. The molecule has 0 radical (unpaired) electrons. The molecule has 0 fully saturated rings. The number of rotatable bonds is 3. The predicted octanol–water partition coefficient (Wildman–Crippen LogP) is 2.17. The fourth-order valence-corrected chi connectivity index (χ4v) is 2.16. The minimum absolute atomic E-state index is 0.115. The number of para-hydroxylation sites is 1. The van der Waals surface area contributed by atoms with Crippen LogP contribution in [0.3, 0.4) is 0 Å². The molecule has 1 aromatic carbocycles. The second-order valence-electron chi connectivity index (χ2n) is 3.53. The molecule has 0 aliphatic rings. The van der Waals surface area contributed by atoms with Gasteiger partial charge in [0.05, 0.1) is 21.9 Å². The van der Waals surface area contributed by atoms with Crippen LogP contribution in [-0.4, -0.2) is 22.5 Å². The quantitative estimate of drug-likeness (QED) is 0.870. The van der Waals surface area contributed by atoms with E-state index < -0.39 is 0 Å². The average molecular weight is 272 g/mol. The summed E-state index contributed by atoms with van der Waals surface area (Å²) in [5.74, 6) is 0.760. The Kier molecular flexibility index (Phi) is 3.54. The van der Waals surface area contributed by atoms with Crippen molar-refractivity contribution in [1.29, 1.82) is 0 Å². The topological polar surface area (TPSA) is 46.9 Å². The molecule has 0 aliphatic heterocycles. The van der Waals surface area contributed by atoms with Gasteiger partial charge in [-0.25, -0.2) is 4.98 Å². The van der Waals surface area contributed by atoms with Crippen molar-refractivity contribution in [3.63, 3.8) is 0 Å². The van der Waals surface area contributed by atoms with Crippen LogP contribution in [0.2, 0.25) is 5.02 Å². The van der Waals surface area contributed by atoms with Gasteiger partial charge in [0.1, 0.15) is 12.4 Å². The normalized spacial score (nSPS) is 10.8. The summed E-state index contributed by atoms with van der Waals surface area (Å²) in [7, 11) is 1.59. The fourth-order valence-electron chi connectivity index (χ4n) is 1.68. The molecule has 0 saturated heterocycles. The number of halogens is 2. The number of benzene rings is 1. The van der Waals surface area contributed by atoms with Gasteiger partial charge in [0.15, 0.2) is 0 Å². The van der Waals surface area contributed by atoms with Gasteiger partial charge in [-0.15, -0.1) is 11.6 Å². The Labute approximate surface area is 109 Å². The molecule has 0 aliphatic carbocycles. The molecule has 1 heterocycles. The zero-order chi connectivity index (χ0) is 12.4. The lowest BCUT2D eigenvalue weighted by atomic mass is 10.3. The van der Waals surface area contributed by atoms with Crippen molar-refractivity contribution >= 4 is 40.1 Å². The zero-order valence-electron chi connectivity index (χ0n) is 9.20. The molecule has 17 heavy (non-hydrogen) atoms. The molecule has 0 saturated carbocycles. The van der Waals surface area contributed by atoms with E-state index in [-0.39, 0.29) is 18.3 Å². The molecule has 1 amide bonds. The van der Waals surface area contributed by atoms with E-state index in [1.54, 1.807) is 17.7 Å². The van der Waals surface area contributed by atoms with Gasteiger partial charge in [-0.3, -0.25) is 4.79 Å². The van der Waals surface area contributed by atoms with E-state index in [9.17, 15) is 4.79 Å². The number of nitrogens with one attached hydrogen (secondary N) is 1. The third-order valence-corrected chi connectivity index (χ3v) is 3.04. The zero-order valence-corrected chi connectivity index (χ0v) is 10.7. The number of aromatic nitrogens is 2. The first kappa shape index (κ1) is 12.2. The number of carbonyl (C=O) groups excluding carboxylic acids is 1. The maximum absolute atomic E-state index is 11.5. The van der Waals surface area contributed by atoms with E-state index in [4.69, 9.17) is 23.2 Å². The number of hydrogen-bond donors (Lipinski definition) is 1. The van der Waals surface area contributed by atoms with Crippen LogP contribution in [0, 0.1) is 0 Å². The molecule has 0 atom stereocenters. The summed E-state index contributed by atoms with van der Waals surface area (Å²) < 4.78 is 1.74. The molecule has 0 unspecified atom stereocenters. The Bertz CT molecular complexity index is 565. The summed E-state index contributed by atoms with van der Waals surface area (Å²) in [6, 6.07) is 5.43. The van der Waals surface area contributed by atoms with Crippen molar-refractivity contribution in [3.05, 3.63) is 29.0 Å². The van der Waals surface area contributed by atoms with Crippen molar-refractivity contribution in [2.24, 2.45) is 0 Å². The average Bonchev–Trinajstić information content (AvgIpc) is 2.68. The largest absolute Gasteiger partial charge is 0.358 e. The number of nitrogens with zero attached hydrogens (tertiary/aromatic N) is 2. The summed E-state index contributed by atoms with van der Waals surface area (Å²) in [5.41, 5.74) is 1.49. The number of likely N-dealkylation sites (N-methyl/N-ethyl adjacent to an activating group) is 1. The lowest BCUT2D eigenvalue weighted by Crippen LogP contribution is -2.24. The number of hydrogen-bond acceptors (Lipinski definition) is 2. The molecule has 0 bridgehead atoms. The smallest absolute Gasteiger partial charge is 0.239 e. The van der Waals surface area contributed by atoms with Gasteiger partial charge in [0.2, 0.25) is 5.91 Å². The Morgan fingerprint density at radius 2 is 2.29 bits per heavy atom. The van der Waals surface area contributed by atoms with Crippen molar-refractivity contribution in [1.82, 2.24) is 14.9 Å². The van der Waals surface area contributed by atoms with Crippen LogP contribution >= 0.6 is 23.2 Å². The number of amides is 1. The minimum atomic E-state index is -0.115. The summed E-state index contributed by atoms with van der Waals surface area (Å²) in [6.45, 7) is 0.165. The number of fused-ring (bicyclic) bond motifs is 1. The lowest BCUT2D eigenvalue weighted by Gasteiger charge is -2.07. The van der Waals surface area contributed by atoms with Crippen LogP contribution in [0.25, 0.3) is 11.0 Å². The Hall–Kier alpha value is -1.26. The standard InChI is InChI=1S/C11H11Cl2N3O/c1-14-10(17)6-16-9(5-12)15-8-4-2-3-7(13)11(8)16/h2-4H,5-6H2,1H3,(H,14,17). The number of imidazole rings is 1.